The Morgan fingerprint density at radius 3 is 2.95 bits per heavy atom. The smallest absolute Gasteiger partial charge is 0.128 e. The van der Waals surface area contributed by atoms with Crippen LogP contribution >= 0.6 is 11.6 Å². The molecule has 1 atom stereocenters. The van der Waals surface area contributed by atoms with E-state index in [1.165, 1.54) is 12.1 Å². The minimum atomic E-state index is -0.319. The molecule has 1 heterocycles. The molecule has 1 aromatic heterocycles. The average Bonchev–Trinajstić information content (AvgIpc) is 2.83. The van der Waals surface area contributed by atoms with Gasteiger partial charge in [-0.2, -0.15) is 0 Å². The van der Waals surface area contributed by atoms with Gasteiger partial charge in [-0.25, -0.2) is 9.07 Å². The van der Waals surface area contributed by atoms with Crippen molar-refractivity contribution in [2.24, 2.45) is 0 Å². The largest absolute Gasteiger partial charge is 0.308 e. The molecule has 0 radical (unpaired) electrons. The third kappa shape index (κ3) is 2.93. The summed E-state index contributed by atoms with van der Waals surface area (Å²) in [6.07, 6.45) is 2.59. The van der Waals surface area contributed by atoms with E-state index < -0.39 is 0 Å². The van der Waals surface area contributed by atoms with E-state index >= 15 is 0 Å². The van der Waals surface area contributed by atoms with Crippen LogP contribution in [0.1, 0.15) is 30.6 Å². The fraction of sp³-hybridized carbons (Fsp3) is 0.385. The highest BCUT2D eigenvalue weighted by atomic mass is 35.5. The van der Waals surface area contributed by atoms with Crippen molar-refractivity contribution in [1.82, 2.24) is 20.3 Å². The Balaban J connectivity index is 2.44. The van der Waals surface area contributed by atoms with E-state index in [1.54, 1.807) is 24.0 Å². The summed E-state index contributed by atoms with van der Waals surface area (Å²) in [5.74, 6) is -0.298. The van der Waals surface area contributed by atoms with Crippen molar-refractivity contribution in [3.63, 3.8) is 0 Å². The zero-order chi connectivity index (χ0) is 13.8. The molecule has 1 N–H and O–H groups in total. The van der Waals surface area contributed by atoms with Gasteiger partial charge >= 0.3 is 0 Å². The van der Waals surface area contributed by atoms with Crippen molar-refractivity contribution >= 4 is 11.6 Å². The Morgan fingerprint density at radius 1 is 1.47 bits per heavy atom. The Kier molecular flexibility index (Phi) is 4.50. The Hall–Kier alpha value is -1.46. The molecule has 0 bridgehead atoms. The van der Waals surface area contributed by atoms with Crippen LogP contribution in [0.5, 0.6) is 0 Å². The number of benzene rings is 1. The van der Waals surface area contributed by atoms with E-state index in [4.69, 9.17) is 11.6 Å². The first-order valence-corrected chi connectivity index (χ1v) is 6.55. The van der Waals surface area contributed by atoms with Gasteiger partial charge in [0.1, 0.15) is 5.82 Å². The minimum absolute atomic E-state index is 0.298. The number of aromatic nitrogens is 3. The molecule has 0 fully saturated rings. The molecule has 6 heteroatoms. The predicted octanol–water partition coefficient (Wildman–Crippen LogP) is 2.79. The fourth-order valence-corrected chi connectivity index (χ4v) is 2.25. The van der Waals surface area contributed by atoms with E-state index in [-0.39, 0.29) is 11.9 Å². The normalized spacial score (nSPS) is 12.6. The first kappa shape index (κ1) is 14.0. The van der Waals surface area contributed by atoms with Gasteiger partial charge in [-0.1, -0.05) is 23.7 Å². The van der Waals surface area contributed by atoms with Crippen LogP contribution in [0.15, 0.2) is 24.4 Å². The molecule has 0 aliphatic heterocycles. The molecule has 2 rings (SSSR count). The van der Waals surface area contributed by atoms with Gasteiger partial charge in [0, 0.05) is 17.1 Å². The summed E-state index contributed by atoms with van der Waals surface area (Å²) in [6, 6.07) is 4.21. The molecule has 102 valence electrons. The van der Waals surface area contributed by atoms with Crippen molar-refractivity contribution < 1.29 is 4.39 Å². The van der Waals surface area contributed by atoms with Crippen LogP contribution < -0.4 is 5.32 Å². The first-order valence-electron chi connectivity index (χ1n) is 6.18. The molecule has 0 amide bonds. The van der Waals surface area contributed by atoms with Crippen LogP contribution in [0.4, 0.5) is 4.39 Å². The minimum Gasteiger partial charge on any atom is -0.308 e. The van der Waals surface area contributed by atoms with Gasteiger partial charge < -0.3 is 5.32 Å². The molecule has 1 aromatic carbocycles. The van der Waals surface area contributed by atoms with Gasteiger partial charge in [-0.3, -0.25) is 0 Å². The molecule has 0 aliphatic carbocycles. The van der Waals surface area contributed by atoms with Gasteiger partial charge in [0.05, 0.1) is 17.9 Å². The summed E-state index contributed by atoms with van der Waals surface area (Å²) in [5.41, 5.74) is 1.32. The summed E-state index contributed by atoms with van der Waals surface area (Å²) in [7, 11) is 1.77. The second kappa shape index (κ2) is 6.12. The molecule has 0 saturated carbocycles. The molecule has 0 saturated heterocycles. The van der Waals surface area contributed by atoms with E-state index in [0.717, 1.165) is 18.7 Å². The fourth-order valence-electron chi connectivity index (χ4n) is 2.07. The second-order valence-electron chi connectivity index (χ2n) is 4.27. The van der Waals surface area contributed by atoms with Crippen molar-refractivity contribution in [2.45, 2.75) is 25.9 Å². The quantitative estimate of drug-likeness (QED) is 0.917. The Bertz CT molecular complexity index is 555. The maximum atomic E-state index is 14.0. The van der Waals surface area contributed by atoms with E-state index in [2.05, 4.69) is 22.6 Å². The van der Waals surface area contributed by atoms with Gasteiger partial charge in [0.2, 0.25) is 0 Å². The summed E-state index contributed by atoms with van der Waals surface area (Å²) < 4.78 is 15.7. The number of aryl methyl sites for hydroxylation is 1. The molecular weight excluding hydrogens is 267 g/mol. The van der Waals surface area contributed by atoms with Gasteiger partial charge in [-0.05, 0) is 31.7 Å². The topological polar surface area (TPSA) is 42.7 Å². The monoisotopic (exact) mass is 282 g/mol. The molecule has 4 nitrogen and oxygen atoms in total. The highest BCUT2D eigenvalue weighted by molar-refractivity contribution is 6.30. The maximum absolute atomic E-state index is 14.0. The van der Waals surface area contributed by atoms with E-state index in [0.29, 0.717) is 10.6 Å². The number of hydrogen-bond acceptors (Lipinski definition) is 3. The molecular formula is C13H16ClFN4. The van der Waals surface area contributed by atoms with Gasteiger partial charge in [0.25, 0.3) is 0 Å². The molecule has 1 unspecified atom stereocenters. The van der Waals surface area contributed by atoms with Crippen LogP contribution in [0.3, 0.4) is 0 Å². The van der Waals surface area contributed by atoms with Gasteiger partial charge in [0.15, 0.2) is 0 Å². The number of halogens is 2. The summed E-state index contributed by atoms with van der Waals surface area (Å²) in [5, 5.41) is 11.5. The zero-order valence-electron chi connectivity index (χ0n) is 10.9. The van der Waals surface area contributed by atoms with Crippen molar-refractivity contribution in [1.29, 1.82) is 0 Å². The first-order chi connectivity index (χ1) is 9.17. The predicted molar refractivity (Wildman–Crippen MR) is 72.6 cm³/mol. The van der Waals surface area contributed by atoms with Crippen molar-refractivity contribution in [3.05, 3.63) is 46.5 Å². The van der Waals surface area contributed by atoms with E-state index in [9.17, 15) is 4.39 Å². The van der Waals surface area contributed by atoms with Crippen LogP contribution in [0.25, 0.3) is 0 Å². The zero-order valence-corrected chi connectivity index (χ0v) is 11.7. The number of nitrogens with zero attached hydrogens (tertiary/aromatic N) is 3. The summed E-state index contributed by atoms with van der Waals surface area (Å²) in [6.45, 7) is 2.80. The average molecular weight is 283 g/mol. The lowest BCUT2D eigenvalue weighted by molar-refractivity contribution is 0.509. The Morgan fingerprint density at radius 2 is 2.26 bits per heavy atom. The molecule has 0 aliphatic rings. The molecule has 0 spiro atoms. The lowest BCUT2D eigenvalue weighted by atomic mass is 10.0. The number of nitrogens with one attached hydrogen (secondary N) is 1. The highest BCUT2D eigenvalue weighted by Gasteiger charge is 2.20. The summed E-state index contributed by atoms with van der Waals surface area (Å²) in [4.78, 5) is 0. The summed E-state index contributed by atoms with van der Waals surface area (Å²) >= 11 is 5.95. The number of hydrogen-bond donors (Lipinski definition) is 1. The highest BCUT2D eigenvalue weighted by Crippen LogP contribution is 2.26. The van der Waals surface area contributed by atoms with Crippen LogP contribution in [-0.2, 0) is 6.54 Å². The van der Waals surface area contributed by atoms with Crippen LogP contribution in [-0.4, -0.2) is 22.0 Å². The van der Waals surface area contributed by atoms with Crippen LogP contribution in [0, 0.1) is 5.82 Å². The van der Waals surface area contributed by atoms with Crippen molar-refractivity contribution in [3.8, 4) is 0 Å². The Labute approximate surface area is 116 Å². The standard InChI is InChI=1S/C13H16ClFN4/c1-3-6-19-12(8-17-18-19)13(16-2)10-7-9(14)4-5-11(10)15/h4-5,7-8,13,16H,3,6H2,1-2H3. The maximum Gasteiger partial charge on any atom is 0.128 e. The lowest BCUT2D eigenvalue weighted by Gasteiger charge is -2.18. The number of rotatable bonds is 5. The van der Waals surface area contributed by atoms with Crippen LogP contribution in [0.2, 0.25) is 5.02 Å². The third-order valence-electron chi connectivity index (χ3n) is 2.94. The van der Waals surface area contributed by atoms with Gasteiger partial charge in [-0.15, -0.1) is 5.10 Å². The molecule has 19 heavy (non-hydrogen) atoms. The lowest BCUT2D eigenvalue weighted by Crippen LogP contribution is -2.22. The van der Waals surface area contributed by atoms with Crippen molar-refractivity contribution in [2.75, 3.05) is 7.05 Å². The SMILES string of the molecule is CCCn1nncc1C(NC)c1cc(Cl)ccc1F. The molecule has 2 aromatic rings. The second-order valence-corrected chi connectivity index (χ2v) is 4.71. The third-order valence-corrected chi connectivity index (χ3v) is 3.17. The van der Waals surface area contributed by atoms with E-state index in [1.807, 2.05) is 0 Å².